The lowest BCUT2D eigenvalue weighted by Gasteiger charge is -2.23. The third-order valence-corrected chi connectivity index (χ3v) is 5.76. The van der Waals surface area contributed by atoms with E-state index in [2.05, 4.69) is 27.6 Å². The van der Waals surface area contributed by atoms with Gasteiger partial charge in [-0.25, -0.2) is 4.79 Å². The third-order valence-electron chi connectivity index (χ3n) is 5.76. The van der Waals surface area contributed by atoms with Crippen LogP contribution >= 0.6 is 0 Å². The Kier molecular flexibility index (Phi) is 5.55. The molecule has 4 rings (SSSR count). The second-order valence-corrected chi connectivity index (χ2v) is 8.06. The van der Waals surface area contributed by atoms with Gasteiger partial charge in [0.05, 0.1) is 12.1 Å². The minimum Gasteiger partial charge on any atom is -0.446 e. The molecule has 3 heterocycles. The molecule has 2 aliphatic rings. The van der Waals surface area contributed by atoms with E-state index in [0.29, 0.717) is 17.3 Å². The molecular weight excluding hydrogens is 374 g/mol. The van der Waals surface area contributed by atoms with Crippen LogP contribution in [0.15, 0.2) is 16.7 Å². The van der Waals surface area contributed by atoms with Crippen molar-refractivity contribution in [3.8, 4) is 0 Å². The molecule has 1 saturated carbocycles. The lowest BCUT2D eigenvalue weighted by molar-refractivity contribution is -0.115. The quantitative estimate of drug-likeness (QED) is 0.796. The zero-order chi connectivity index (χ0) is 20.4. The largest absolute Gasteiger partial charge is 0.446 e. The first-order valence-electron chi connectivity index (χ1n) is 10.2. The zero-order valence-corrected chi connectivity index (χ0v) is 16.8. The van der Waals surface area contributed by atoms with Gasteiger partial charge in [-0.2, -0.15) is 5.10 Å². The van der Waals surface area contributed by atoms with Gasteiger partial charge in [-0.1, -0.05) is 5.16 Å². The molecule has 2 fully saturated rings. The van der Waals surface area contributed by atoms with E-state index >= 15 is 0 Å². The number of rotatable bonds is 5. The fourth-order valence-corrected chi connectivity index (χ4v) is 4.21. The van der Waals surface area contributed by atoms with Crippen LogP contribution in [0.5, 0.6) is 0 Å². The Morgan fingerprint density at radius 1 is 1.34 bits per heavy atom. The van der Waals surface area contributed by atoms with Crippen LogP contribution in [-0.4, -0.2) is 50.9 Å². The smallest absolute Gasteiger partial charge is 0.410 e. The van der Waals surface area contributed by atoms with Crippen LogP contribution in [0.3, 0.4) is 0 Å². The highest BCUT2D eigenvalue weighted by Crippen LogP contribution is 2.36. The number of hydrogen-bond acceptors (Lipinski definition) is 6. The number of aromatic nitrogens is 3. The lowest BCUT2D eigenvalue weighted by Crippen LogP contribution is -2.36. The molecule has 3 atom stereocenters. The molecule has 0 spiro atoms. The number of carbonyl (C=O) groups is 2. The second kappa shape index (κ2) is 8.26. The van der Waals surface area contributed by atoms with Crippen LogP contribution in [0.2, 0.25) is 0 Å². The molecule has 9 heteroatoms. The van der Waals surface area contributed by atoms with E-state index in [-0.39, 0.29) is 36.5 Å². The Morgan fingerprint density at radius 2 is 2.21 bits per heavy atom. The molecule has 0 unspecified atom stereocenters. The lowest BCUT2D eigenvalue weighted by atomic mass is 10.0. The number of H-pyrrole nitrogens is 1. The highest BCUT2D eigenvalue weighted by atomic mass is 16.6. The molecule has 2 N–H and O–H groups in total. The number of hydrogen-bond donors (Lipinski definition) is 2. The standard InChI is InChI=1S/C20H27N5O4/c1-12-4-3-7-25(12)20(27)28-16-6-5-14(9-16)17-11-18(23-22-17)21-19(26)10-15-8-13(2)29-24-15/h8,11-12,14,16H,3-7,9-10H2,1-2H3,(H2,21,22,23,26)/t12-,14-,16+/m0/s1. The van der Waals surface area contributed by atoms with Crippen molar-refractivity contribution in [1.82, 2.24) is 20.3 Å². The molecule has 0 bridgehead atoms. The van der Waals surface area contributed by atoms with Crippen LogP contribution in [-0.2, 0) is 16.0 Å². The Labute approximate surface area is 169 Å². The van der Waals surface area contributed by atoms with E-state index in [9.17, 15) is 9.59 Å². The van der Waals surface area contributed by atoms with Gasteiger partial charge < -0.3 is 19.5 Å². The van der Waals surface area contributed by atoms with Gasteiger partial charge >= 0.3 is 6.09 Å². The summed E-state index contributed by atoms with van der Waals surface area (Å²) in [6.07, 6.45) is 4.48. The van der Waals surface area contributed by atoms with Crippen LogP contribution in [0, 0.1) is 6.92 Å². The molecule has 1 aliphatic carbocycles. The van der Waals surface area contributed by atoms with Crippen molar-refractivity contribution in [3.63, 3.8) is 0 Å². The first kappa shape index (κ1) is 19.5. The van der Waals surface area contributed by atoms with Gasteiger partial charge in [0.15, 0.2) is 5.82 Å². The highest BCUT2D eigenvalue weighted by molar-refractivity contribution is 5.91. The number of likely N-dealkylation sites (tertiary alicyclic amines) is 1. The van der Waals surface area contributed by atoms with Crippen molar-refractivity contribution in [2.75, 3.05) is 11.9 Å². The Hall–Kier alpha value is -2.84. The number of aryl methyl sites for hydroxylation is 1. The van der Waals surface area contributed by atoms with Gasteiger partial charge in [0.1, 0.15) is 11.9 Å². The van der Waals surface area contributed by atoms with Gasteiger partial charge in [-0.05, 0) is 46.0 Å². The van der Waals surface area contributed by atoms with Crippen molar-refractivity contribution >= 4 is 17.8 Å². The first-order chi connectivity index (χ1) is 14.0. The summed E-state index contributed by atoms with van der Waals surface area (Å²) in [7, 11) is 0. The van der Waals surface area contributed by atoms with Crippen molar-refractivity contribution < 1.29 is 18.8 Å². The van der Waals surface area contributed by atoms with Gasteiger partial charge in [0, 0.05) is 36.3 Å². The molecule has 0 aromatic carbocycles. The number of aromatic amines is 1. The maximum atomic E-state index is 12.4. The summed E-state index contributed by atoms with van der Waals surface area (Å²) in [6.45, 7) is 4.63. The minimum atomic E-state index is -0.200. The molecule has 9 nitrogen and oxygen atoms in total. The average Bonchev–Trinajstić information content (AvgIpc) is 3.44. The Bertz CT molecular complexity index is 876. The summed E-state index contributed by atoms with van der Waals surface area (Å²) in [5, 5.41) is 13.8. The molecule has 2 aromatic heterocycles. The minimum absolute atomic E-state index is 0.0722. The van der Waals surface area contributed by atoms with Crippen LogP contribution in [0.25, 0.3) is 0 Å². The molecule has 29 heavy (non-hydrogen) atoms. The van der Waals surface area contributed by atoms with Gasteiger partial charge in [-0.3, -0.25) is 9.89 Å². The summed E-state index contributed by atoms with van der Waals surface area (Å²) in [6, 6.07) is 3.85. The number of amides is 2. The molecule has 2 amide bonds. The SMILES string of the molecule is Cc1cc(CC(=O)Nc2cc([C@H]3CC[C@@H](OC(=O)N4CCC[C@@H]4C)C3)[nH]n2)no1. The number of nitrogens with one attached hydrogen (secondary N) is 2. The van der Waals surface area contributed by atoms with Crippen molar-refractivity contribution in [2.24, 2.45) is 0 Å². The van der Waals surface area contributed by atoms with Gasteiger partial charge in [0.25, 0.3) is 0 Å². The van der Waals surface area contributed by atoms with Crippen molar-refractivity contribution in [3.05, 3.63) is 29.3 Å². The number of nitrogens with zero attached hydrogens (tertiary/aromatic N) is 3. The molecular formula is C20H27N5O4. The molecule has 2 aromatic rings. The van der Waals surface area contributed by atoms with E-state index in [1.54, 1.807) is 13.0 Å². The molecule has 1 aliphatic heterocycles. The van der Waals surface area contributed by atoms with Gasteiger partial charge in [0.2, 0.25) is 5.91 Å². The van der Waals surface area contributed by atoms with Crippen molar-refractivity contribution in [2.45, 2.75) is 70.4 Å². The van der Waals surface area contributed by atoms with Crippen LogP contribution < -0.4 is 5.32 Å². The summed E-state index contributed by atoms with van der Waals surface area (Å²) >= 11 is 0. The number of carbonyl (C=O) groups excluding carboxylic acids is 2. The fourth-order valence-electron chi connectivity index (χ4n) is 4.21. The normalized spacial score (nSPS) is 24.1. The average molecular weight is 401 g/mol. The van der Waals surface area contributed by atoms with Crippen LogP contribution in [0.4, 0.5) is 10.6 Å². The fraction of sp³-hybridized carbons (Fsp3) is 0.600. The maximum Gasteiger partial charge on any atom is 0.410 e. The monoisotopic (exact) mass is 401 g/mol. The molecule has 0 radical (unpaired) electrons. The number of anilines is 1. The zero-order valence-electron chi connectivity index (χ0n) is 16.8. The first-order valence-corrected chi connectivity index (χ1v) is 10.2. The topological polar surface area (TPSA) is 113 Å². The maximum absolute atomic E-state index is 12.4. The van der Waals surface area contributed by atoms with E-state index in [1.807, 2.05) is 11.0 Å². The van der Waals surface area contributed by atoms with Gasteiger partial charge in [-0.15, -0.1) is 0 Å². The van der Waals surface area contributed by atoms with E-state index in [1.165, 1.54) is 0 Å². The summed E-state index contributed by atoms with van der Waals surface area (Å²) in [5.41, 5.74) is 1.54. The highest BCUT2D eigenvalue weighted by Gasteiger charge is 2.33. The van der Waals surface area contributed by atoms with E-state index < -0.39 is 0 Å². The Balaban J connectivity index is 1.27. The predicted molar refractivity (Wildman–Crippen MR) is 104 cm³/mol. The summed E-state index contributed by atoms with van der Waals surface area (Å²) in [5.74, 6) is 1.19. The second-order valence-electron chi connectivity index (χ2n) is 8.06. The van der Waals surface area contributed by atoms with E-state index in [0.717, 1.165) is 44.3 Å². The van der Waals surface area contributed by atoms with Crippen LogP contribution in [0.1, 0.15) is 62.1 Å². The molecule has 156 valence electrons. The third kappa shape index (κ3) is 4.60. The summed E-state index contributed by atoms with van der Waals surface area (Å²) in [4.78, 5) is 26.3. The Morgan fingerprint density at radius 3 is 2.93 bits per heavy atom. The van der Waals surface area contributed by atoms with E-state index in [4.69, 9.17) is 9.26 Å². The molecule has 1 saturated heterocycles. The summed E-state index contributed by atoms with van der Waals surface area (Å²) < 4.78 is 10.7. The number of ether oxygens (including phenoxy) is 1. The van der Waals surface area contributed by atoms with Crippen molar-refractivity contribution in [1.29, 1.82) is 0 Å². The predicted octanol–water partition coefficient (Wildman–Crippen LogP) is 3.14.